The summed E-state index contributed by atoms with van der Waals surface area (Å²) in [6.07, 6.45) is 3.93. The molecule has 1 amide bonds. The second-order valence-corrected chi connectivity index (χ2v) is 6.17. The van der Waals surface area contributed by atoms with Crippen LogP contribution in [0.25, 0.3) is 11.0 Å². The summed E-state index contributed by atoms with van der Waals surface area (Å²) in [6.45, 7) is 3.99. The lowest BCUT2D eigenvalue weighted by Crippen LogP contribution is -2.21. The van der Waals surface area contributed by atoms with Crippen molar-refractivity contribution < 1.29 is 13.9 Å². The van der Waals surface area contributed by atoms with E-state index in [2.05, 4.69) is 10.3 Å². The predicted molar refractivity (Wildman–Crippen MR) is 105 cm³/mol. The fourth-order valence-electron chi connectivity index (χ4n) is 3.08. The maximum Gasteiger partial charge on any atom is 0.349 e. The van der Waals surface area contributed by atoms with Gasteiger partial charge in [0.15, 0.2) is 0 Å². The Balaban J connectivity index is 2.04. The largest absolute Gasteiger partial charge is 0.496 e. The Hall–Kier alpha value is -3.15. The fourth-order valence-corrected chi connectivity index (χ4v) is 3.08. The van der Waals surface area contributed by atoms with Crippen LogP contribution in [0.2, 0.25) is 0 Å². The molecule has 6 heteroatoms. The summed E-state index contributed by atoms with van der Waals surface area (Å²) in [6, 6.07) is 8.68. The van der Waals surface area contributed by atoms with Gasteiger partial charge in [0.05, 0.1) is 18.5 Å². The number of pyridine rings is 1. The monoisotopic (exact) mass is 366 g/mol. The molecule has 0 atom stereocenters. The molecular formula is C21H22N2O4. The molecule has 0 unspecified atom stereocenters. The van der Waals surface area contributed by atoms with Gasteiger partial charge in [-0.15, -0.1) is 0 Å². The Morgan fingerprint density at radius 1 is 1.26 bits per heavy atom. The van der Waals surface area contributed by atoms with Crippen molar-refractivity contribution in [1.82, 2.24) is 4.98 Å². The Morgan fingerprint density at radius 3 is 2.78 bits per heavy atom. The summed E-state index contributed by atoms with van der Waals surface area (Å²) in [5.74, 6) is 0.161. The second-order valence-electron chi connectivity index (χ2n) is 6.17. The number of aromatic nitrogens is 1. The van der Waals surface area contributed by atoms with Crippen molar-refractivity contribution in [3.05, 3.63) is 63.8 Å². The molecule has 0 fully saturated rings. The van der Waals surface area contributed by atoms with E-state index in [0.29, 0.717) is 35.2 Å². The van der Waals surface area contributed by atoms with E-state index in [1.54, 1.807) is 37.6 Å². The van der Waals surface area contributed by atoms with Gasteiger partial charge >= 0.3 is 5.63 Å². The zero-order valence-electron chi connectivity index (χ0n) is 15.7. The van der Waals surface area contributed by atoms with Crippen LogP contribution in [0.3, 0.4) is 0 Å². The molecule has 0 spiro atoms. The molecule has 0 aliphatic heterocycles. The highest BCUT2D eigenvalue weighted by Crippen LogP contribution is 2.29. The van der Waals surface area contributed by atoms with Gasteiger partial charge in [0.2, 0.25) is 0 Å². The first-order chi connectivity index (χ1) is 13.1. The number of carbonyl (C=O) groups is 1. The number of hydrogen-bond acceptors (Lipinski definition) is 5. The molecule has 3 rings (SSSR count). The number of amides is 1. The first-order valence-corrected chi connectivity index (χ1v) is 8.98. The van der Waals surface area contributed by atoms with E-state index in [1.165, 1.54) is 0 Å². The molecule has 1 aromatic carbocycles. The smallest absolute Gasteiger partial charge is 0.349 e. The van der Waals surface area contributed by atoms with Crippen molar-refractivity contribution in [2.24, 2.45) is 0 Å². The molecule has 2 aromatic heterocycles. The van der Waals surface area contributed by atoms with E-state index < -0.39 is 11.5 Å². The third kappa shape index (κ3) is 3.69. The molecule has 1 N–H and O–H groups in total. The molecule has 0 saturated heterocycles. The molecular weight excluding hydrogens is 344 g/mol. The molecule has 140 valence electrons. The van der Waals surface area contributed by atoms with Gasteiger partial charge in [-0.3, -0.25) is 9.78 Å². The standard InChI is InChI=1S/C21H22N2O4/c1-4-7-14-18(26-3)10-9-13-12-15(21(25)27-19(13)14)20(24)23-17-8-6-11-22-16(17)5-2/h6,8-12H,4-5,7H2,1-3H3,(H,23,24). The number of hydrogen-bond donors (Lipinski definition) is 1. The van der Waals surface area contributed by atoms with Crippen LogP contribution in [-0.2, 0) is 12.8 Å². The lowest BCUT2D eigenvalue weighted by atomic mass is 10.0. The molecule has 0 aliphatic carbocycles. The van der Waals surface area contributed by atoms with Crippen LogP contribution in [0.5, 0.6) is 5.75 Å². The number of rotatable bonds is 6. The Morgan fingerprint density at radius 2 is 2.07 bits per heavy atom. The number of fused-ring (bicyclic) bond motifs is 1. The van der Waals surface area contributed by atoms with E-state index in [1.807, 2.05) is 19.9 Å². The maximum atomic E-state index is 12.7. The molecule has 0 saturated carbocycles. The molecule has 3 aromatic rings. The van der Waals surface area contributed by atoms with Gasteiger partial charge in [-0.2, -0.15) is 0 Å². The molecule has 27 heavy (non-hydrogen) atoms. The molecule has 6 nitrogen and oxygen atoms in total. The minimum atomic E-state index is -0.674. The normalized spacial score (nSPS) is 10.8. The highest BCUT2D eigenvalue weighted by molar-refractivity contribution is 6.05. The summed E-state index contributed by atoms with van der Waals surface area (Å²) < 4.78 is 10.9. The lowest BCUT2D eigenvalue weighted by molar-refractivity contribution is 0.102. The molecule has 0 aliphatic rings. The van der Waals surface area contributed by atoms with Crippen LogP contribution in [-0.4, -0.2) is 18.0 Å². The van der Waals surface area contributed by atoms with Crippen molar-refractivity contribution in [3.63, 3.8) is 0 Å². The third-order valence-electron chi connectivity index (χ3n) is 4.40. The number of ether oxygens (including phenoxy) is 1. The highest BCUT2D eigenvalue weighted by atomic mass is 16.5. The van der Waals surface area contributed by atoms with Gasteiger partial charge in [-0.05, 0) is 43.2 Å². The fraction of sp³-hybridized carbons (Fsp3) is 0.286. The molecule has 2 heterocycles. The van der Waals surface area contributed by atoms with Crippen LogP contribution in [0, 0.1) is 0 Å². The first-order valence-electron chi connectivity index (χ1n) is 8.98. The van der Waals surface area contributed by atoms with E-state index in [4.69, 9.17) is 9.15 Å². The number of carbonyl (C=O) groups excluding carboxylic acids is 1. The van der Waals surface area contributed by atoms with Crippen molar-refractivity contribution in [3.8, 4) is 5.75 Å². The summed E-state index contributed by atoms with van der Waals surface area (Å²) in [5, 5.41) is 3.45. The highest BCUT2D eigenvalue weighted by Gasteiger charge is 2.18. The van der Waals surface area contributed by atoms with Gasteiger partial charge in [0, 0.05) is 17.1 Å². The Bertz CT molecular complexity index is 1040. The van der Waals surface area contributed by atoms with Crippen molar-refractivity contribution in [2.75, 3.05) is 12.4 Å². The summed E-state index contributed by atoms with van der Waals surface area (Å²) >= 11 is 0. The van der Waals surface area contributed by atoms with E-state index >= 15 is 0 Å². The minimum absolute atomic E-state index is 0.0407. The number of benzene rings is 1. The van der Waals surface area contributed by atoms with Gasteiger partial charge in [0.1, 0.15) is 16.9 Å². The summed E-state index contributed by atoms with van der Waals surface area (Å²) in [7, 11) is 1.58. The van der Waals surface area contributed by atoms with Gasteiger partial charge in [-0.25, -0.2) is 4.79 Å². The quantitative estimate of drug-likeness (QED) is 0.668. The van der Waals surface area contributed by atoms with Crippen LogP contribution in [0.4, 0.5) is 5.69 Å². The zero-order chi connectivity index (χ0) is 19.4. The van der Waals surface area contributed by atoms with Gasteiger partial charge in [-0.1, -0.05) is 20.3 Å². The number of aryl methyl sites for hydroxylation is 2. The lowest BCUT2D eigenvalue weighted by Gasteiger charge is -2.11. The van der Waals surface area contributed by atoms with Gasteiger partial charge < -0.3 is 14.5 Å². The first kappa shape index (κ1) is 18.6. The number of anilines is 1. The van der Waals surface area contributed by atoms with E-state index in [0.717, 1.165) is 17.7 Å². The topological polar surface area (TPSA) is 81.4 Å². The average Bonchev–Trinajstić information content (AvgIpc) is 2.68. The number of nitrogens with zero attached hydrogens (tertiary/aromatic N) is 1. The third-order valence-corrected chi connectivity index (χ3v) is 4.40. The maximum absolute atomic E-state index is 12.7. The van der Waals surface area contributed by atoms with E-state index in [9.17, 15) is 9.59 Å². The van der Waals surface area contributed by atoms with Crippen LogP contribution in [0.15, 0.2) is 45.7 Å². The molecule has 0 bridgehead atoms. The van der Waals surface area contributed by atoms with E-state index in [-0.39, 0.29) is 5.56 Å². The minimum Gasteiger partial charge on any atom is -0.496 e. The Kier molecular flexibility index (Phi) is 5.54. The van der Waals surface area contributed by atoms with Crippen molar-refractivity contribution >= 4 is 22.6 Å². The summed E-state index contributed by atoms with van der Waals surface area (Å²) in [5.41, 5.74) is 1.93. The van der Waals surface area contributed by atoms with Crippen molar-refractivity contribution in [1.29, 1.82) is 0 Å². The SMILES string of the molecule is CCCc1c(OC)ccc2cc(C(=O)Nc3cccnc3CC)c(=O)oc12. The second kappa shape index (κ2) is 8.03. The predicted octanol–water partition coefficient (Wildman–Crippen LogP) is 3.96. The zero-order valence-corrected chi connectivity index (χ0v) is 15.7. The van der Waals surface area contributed by atoms with Crippen molar-refractivity contribution in [2.45, 2.75) is 33.1 Å². The number of nitrogens with one attached hydrogen (secondary N) is 1. The van der Waals surface area contributed by atoms with Crippen LogP contribution >= 0.6 is 0 Å². The summed E-state index contributed by atoms with van der Waals surface area (Å²) in [4.78, 5) is 29.4. The van der Waals surface area contributed by atoms with Gasteiger partial charge in [0.25, 0.3) is 5.91 Å². The number of methoxy groups -OCH3 is 1. The average molecular weight is 366 g/mol. The Labute approximate surface area is 157 Å². The molecule has 0 radical (unpaired) electrons. The van der Waals surface area contributed by atoms with Crippen LogP contribution in [0.1, 0.15) is 41.9 Å². The van der Waals surface area contributed by atoms with Crippen LogP contribution < -0.4 is 15.7 Å².